The molecule has 1 unspecified atom stereocenters. The summed E-state index contributed by atoms with van der Waals surface area (Å²) in [5, 5.41) is 4.91. The number of carbonyl (C=O) groups excluding carboxylic acids is 2. The standard InChI is InChI=1S/C19H22N2O5S/c1-2-24-17(22)10-13-12-27-19(20-13)21-18(23)15-7-3-4-8-16(15)26-11-14-6-5-9-25-14/h3-4,7-8,12,14H,2,5-6,9-11H2,1H3,(H,20,21,23). The van der Waals surface area contributed by atoms with Gasteiger partial charge in [-0.25, -0.2) is 4.98 Å². The molecule has 1 saturated heterocycles. The highest BCUT2D eigenvalue weighted by Gasteiger charge is 2.19. The van der Waals surface area contributed by atoms with Gasteiger partial charge in [-0.2, -0.15) is 0 Å². The minimum Gasteiger partial charge on any atom is -0.490 e. The number of carbonyl (C=O) groups is 2. The Morgan fingerprint density at radius 1 is 1.37 bits per heavy atom. The van der Waals surface area contributed by atoms with Crippen molar-refractivity contribution in [2.45, 2.75) is 32.3 Å². The van der Waals surface area contributed by atoms with E-state index in [-0.39, 0.29) is 24.4 Å². The van der Waals surface area contributed by atoms with Crippen LogP contribution in [-0.4, -0.2) is 42.8 Å². The van der Waals surface area contributed by atoms with E-state index in [0.717, 1.165) is 19.4 Å². The molecule has 1 aromatic carbocycles. The SMILES string of the molecule is CCOC(=O)Cc1csc(NC(=O)c2ccccc2OCC2CCCO2)n1. The zero-order chi connectivity index (χ0) is 19.1. The zero-order valence-corrected chi connectivity index (χ0v) is 15.9. The first kappa shape index (κ1) is 19.3. The molecule has 1 N–H and O–H groups in total. The summed E-state index contributed by atoms with van der Waals surface area (Å²) in [6, 6.07) is 7.07. The topological polar surface area (TPSA) is 86.8 Å². The molecular formula is C19H22N2O5S. The summed E-state index contributed by atoms with van der Waals surface area (Å²) in [6.45, 7) is 3.26. The highest BCUT2D eigenvalue weighted by molar-refractivity contribution is 7.14. The first-order valence-corrected chi connectivity index (χ1v) is 9.78. The van der Waals surface area contributed by atoms with E-state index in [0.29, 0.717) is 35.4 Å². The van der Waals surface area contributed by atoms with Crippen molar-refractivity contribution in [2.75, 3.05) is 25.1 Å². The van der Waals surface area contributed by atoms with Gasteiger partial charge in [0.1, 0.15) is 12.4 Å². The molecule has 1 aliphatic heterocycles. The van der Waals surface area contributed by atoms with Gasteiger partial charge in [0, 0.05) is 12.0 Å². The van der Waals surface area contributed by atoms with Crippen LogP contribution in [0, 0.1) is 0 Å². The van der Waals surface area contributed by atoms with E-state index in [9.17, 15) is 9.59 Å². The number of esters is 1. The predicted octanol–water partition coefficient (Wildman–Crippen LogP) is 3.06. The van der Waals surface area contributed by atoms with Crippen molar-refractivity contribution in [2.24, 2.45) is 0 Å². The molecule has 144 valence electrons. The molecular weight excluding hydrogens is 368 g/mol. The molecule has 0 aliphatic carbocycles. The first-order valence-electron chi connectivity index (χ1n) is 8.90. The van der Waals surface area contributed by atoms with Crippen LogP contribution in [-0.2, 0) is 20.7 Å². The molecule has 0 spiro atoms. The van der Waals surface area contributed by atoms with Gasteiger partial charge in [0.15, 0.2) is 5.13 Å². The minimum atomic E-state index is -0.339. The second-order valence-corrected chi connectivity index (χ2v) is 6.88. The number of thiazole rings is 1. The third-order valence-corrected chi connectivity index (χ3v) is 4.79. The predicted molar refractivity (Wildman–Crippen MR) is 101 cm³/mol. The molecule has 7 nitrogen and oxygen atoms in total. The van der Waals surface area contributed by atoms with E-state index in [1.165, 1.54) is 11.3 Å². The van der Waals surface area contributed by atoms with Crippen LogP contribution in [0.15, 0.2) is 29.6 Å². The van der Waals surface area contributed by atoms with Gasteiger partial charge in [0.2, 0.25) is 0 Å². The molecule has 1 fully saturated rings. The maximum absolute atomic E-state index is 12.6. The Bertz CT molecular complexity index is 786. The van der Waals surface area contributed by atoms with Crippen LogP contribution >= 0.6 is 11.3 Å². The summed E-state index contributed by atoms with van der Waals surface area (Å²) in [5.41, 5.74) is 0.995. The summed E-state index contributed by atoms with van der Waals surface area (Å²) in [7, 11) is 0. The largest absolute Gasteiger partial charge is 0.490 e. The second-order valence-electron chi connectivity index (χ2n) is 6.02. The fraction of sp³-hybridized carbons (Fsp3) is 0.421. The normalized spacial score (nSPS) is 16.1. The number of hydrogen-bond donors (Lipinski definition) is 1. The summed E-state index contributed by atoms with van der Waals surface area (Å²) < 4.78 is 16.3. The van der Waals surface area contributed by atoms with Crippen molar-refractivity contribution in [1.29, 1.82) is 0 Å². The van der Waals surface area contributed by atoms with Crippen molar-refractivity contribution >= 4 is 28.3 Å². The van der Waals surface area contributed by atoms with Crippen molar-refractivity contribution in [3.8, 4) is 5.75 Å². The molecule has 0 radical (unpaired) electrons. The molecule has 0 bridgehead atoms. The fourth-order valence-electron chi connectivity index (χ4n) is 2.71. The molecule has 1 amide bonds. The van der Waals surface area contributed by atoms with Gasteiger partial charge in [-0.15, -0.1) is 11.3 Å². The number of rotatable bonds is 8. The summed E-state index contributed by atoms with van der Waals surface area (Å²) >= 11 is 1.26. The van der Waals surface area contributed by atoms with Gasteiger partial charge in [-0.3, -0.25) is 14.9 Å². The van der Waals surface area contributed by atoms with E-state index < -0.39 is 0 Å². The lowest BCUT2D eigenvalue weighted by atomic mass is 10.2. The van der Waals surface area contributed by atoms with Gasteiger partial charge in [-0.05, 0) is 31.9 Å². The number of benzene rings is 1. The Kier molecular flexibility index (Phi) is 6.78. The third-order valence-electron chi connectivity index (χ3n) is 3.98. The minimum absolute atomic E-state index is 0.0746. The average molecular weight is 390 g/mol. The number of ether oxygens (including phenoxy) is 3. The first-order chi connectivity index (χ1) is 13.2. The Labute approximate surface area is 161 Å². The molecule has 2 heterocycles. The third kappa shape index (κ3) is 5.51. The fourth-order valence-corrected chi connectivity index (χ4v) is 3.41. The Balaban J connectivity index is 1.60. The molecule has 2 aromatic rings. The van der Waals surface area contributed by atoms with Crippen molar-refractivity contribution < 1.29 is 23.8 Å². The van der Waals surface area contributed by atoms with Gasteiger partial charge in [0.05, 0.1) is 30.4 Å². The highest BCUT2D eigenvalue weighted by Crippen LogP contribution is 2.23. The summed E-state index contributed by atoms with van der Waals surface area (Å²) in [4.78, 5) is 28.4. The smallest absolute Gasteiger partial charge is 0.311 e. The van der Waals surface area contributed by atoms with E-state index in [1.807, 2.05) is 6.07 Å². The van der Waals surface area contributed by atoms with Crippen molar-refractivity contribution in [1.82, 2.24) is 4.98 Å². The Morgan fingerprint density at radius 2 is 2.22 bits per heavy atom. The van der Waals surface area contributed by atoms with E-state index in [1.54, 1.807) is 30.5 Å². The number of nitrogens with one attached hydrogen (secondary N) is 1. The van der Waals surface area contributed by atoms with Crippen LogP contribution in [0.2, 0.25) is 0 Å². The summed E-state index contributed by atoms with van der Waals surface area (Å²) in [6.07, 6.45) is 2.16. The van der Waals surface area contributed by atoms with Crippen molar-refractivity contribution in [3.63, 3.8) is 0 Å². The Hall–Kier alpha value is -2.45. The Morgan fingerprint density at radius 3 is 3.00 bits per heavy atom. The van der Waals surface area contributed by atoms with Gasteiger partial charge >= 0.3 is 5.97 Å². The molecule has 27 heavy (non-hydrogen) atoms. The van der Waals surface area contributed by atoms with Crippen LogP contribution in [0.3, 0.4) is 0 Å². The van der Waals surface area contributed by atoms with Crippen LogP contribution in [0.1, 0.15) is 35.8 Å². The highest BCUT2D eigenvalue weighted by atomic mass is 32.1. The second kappa shape index (κ2) is 9.48. The molecule has 1 aromatic heterocycles. The monoisotopic (exact) mass is 390 g/mol. The lowest BCUT2D eigenvalue weighted by Gasteiger charge is -2.14. The van der Waals surface area contributed by atoms with Crippen molar-refractivity contribution in [3.05, 3.63) is 40.9 Å². The van der Waals surface area contributed by atoms with E-state index in [2.05, 4.69) is 10.3 Å². The lowest BCUT2D eigenvalue weighted by Crippen LogP contribution is -2.19. The lowest BCUT2D eigenvalue weighted by molar-refractivity contribution is -0.142. The number of anilines is 1. The average Bonchev–Trinajstić information content (AvgIpc) is 3.32. The number of amides is 1. The van der Waals surface area contributed by atoms with Crippen LogP contribution < -0.4 is 10.1 Å². The molecule has 3 rings (SSSR count). The molecule has 0 saturated carbocycles. The number of aromatic nitrogens is 1. The van der Waals surface area contributed by atoms with Crippen LogP contribution in [0.4, 0.5) is 5.13 Å². The maximum Gasteiger partial charge on any atom is 0.311 e. The number of hydrogen-bond acceptors (Lipinski definition) is 7. The zero-order valence-electron chi connectivity index (χ0n) is 15.1. The van der Waals surface area contributed by atoms with Crippen LogP contribution in [0.5, 0.6) is 5.75 Å². The van der Waals surface area contributed by atoms with Crippen LogP contribution in [0.25, 0.3) is 0 Å². The molecule has 1 aliphatic rings. The van der Waals surface area contributed by atoms with Gasteiger partial charge in [-0.1, -0.05) is 12.1 Å². The van der Waals surface area contributed by atoms with E-state index >= 15 is 0 Å². The number of nitrogens with zero attached hydrogens (tertiary/aromatic N) is 1. The maximum atomic E-state index is 12.6. The molecule has 1 atom stereocenters. The summed E-state index contributed by atoms with van der Waals surface area (Å²) in [5.74, 6) is -0.141. The number of para-hydroxylation sites is 1. The van der Waals surface area contributed by atoms with E-state index in [4.69, 9.17) is 14.2 Å². The quantitative estimate of drug-likeness (QED) is 0.697. The molecule has 8 heteroatoms. The van der Waals surface area contributed by atoms with Gasteiger partial charge < -0.3 is 14.2 Å². The van der Waals surface area contributed by atoms with Gasteiger partial charge in [0.25, 0.3) is 5.91 Å².